The third-order valence-electron chi connectivity index (χ3n) is 4.80. The lowest BCUT2D eigenvalue weighted by Crippen LogP contribution is -2.45. The van der Waals surface area contributed by atoms with Crippen LogP contribution in [0.4, 0.5) is 0 Å². The van der Waals surface area contributed by atoms with Gasteiger partial charge in [0.2, 0.25) is 0 Å². The zero-order chi connectivity index (χ0) is 15.5. The van der Waals surface area contributed by atoms with Gasteiger partial charge in [-0.1, -0.05) is 37.6 Å². The molecule has 0 spiro atoms. The summed E-state index contributed by atoms with van der Waals surface area (Å²) in [4.78, 5) is 2.44. The maximum atomic E-state index is 5.95. The topological polar surface area (TPSA) is 15.3 Å². The number of nitrogens with zero attached hydrogens (tertiary/aromatic N) is 1. The maximum absolute atomic E-state index is 5.95. The molecule has 2 unspecified atom stereocenters. The van der Waals surface area contributed by atoms with E-state index in [1.165, 1.54) is 24.8 Å². The first-order chi connectivity index (χ1) is 9.89. The van der Waals surface area contributed by atoms with Crippen LogP contribution in [0.3, 0.4) is 0 Å². The van der Waals surface area contributed by atoms with Gasteiger partial charge >= 0.3 is 0 Å². The summed E-state index contributed by atoms with van der Waals surface area (Å²) < 4.78 is 0. The molecule has 0 radical (unpaired) electrons. The van der Waals surface area contributed by atoms with E-state index in [1.807, 2.05) is 12.1 Å². The third kappa shape index (κ3) is 4.98. The summed E-state index contributed by atoms with van der Waals surface area (Å²) >= 11 is 5.95. The first-order valence-corrected chi connectivity index (χ1v) is 8.38. The van der Waals surface area contributed by atoms with E-state index in [0.29, 0.717) is 11.5 Å². The van der Waals surface area contributed by atoms with E-state index in [4.69, 9.17) is 11.6 Å². The highest BCUT2D eigenvalue weighted by Gasteiger charge is 2.34. The van der Waals surface area contributed by atoms with Crippen molar-refractivity contribution in [2.75, 3.05) is 20.6 Å². The number of hydrogen-bond acceptors (Lipinski definition) is 2. The molecule has 0 heterocycles. The van der Waals surface area contributed by atoms with Gasteiger partial charge in [0.25, 0.3) is 0 Å². The second-order valence-corrected chi connectivity index (χ2v) is 7.82. The van der Waals surface area contributed by atoms with E-state index in [-0.39, 0.29) is 0 Å². The largest absolute Gasteiger partial charge is 0.317 e. The fourth-order valence-electron chi connectivity index (χ4n) is 3.67. The molecule has 1 fully saturated rings. The first kappa shape index (κ1) is 16.8. The Hall–Kier alpha value is -0.570. The van der Waals surface area contributed by atoms with Crippen molar-refractivity contribution < 1.29 is 0 Å². The van der Waals surface area contributed by atoms with Gasteiger partial charge in [-0.3, -0.25) is 0 Å². The van der Waals surface area contributed by atoms with E-state index in [2.05, 4.69) is 50.3 Å². The minimum atomic E-state index is 0.485. The lowest BCUT2D eigenvalue weighted by atomic mass is 9.69. The van der Waals surface area contributed by atoms with Crippen molar-refractivity contribution in [2.24, 2.45) is 11.3 Å². The lowest BCUT2D eigenvalue weighted by molar-refractivity contribution is 0.110. The molecule has 1 aromatic rings. The standard InChI is InChI=1S/C18H29ClN2/c1-18(2)10-9-17(20-3)15(11-18)13-21(4)12-14-5-7-16(19)8-6-14/h5-8,15,17,20H,9-13H2,1-4H3. The number of hydrogen-bond donors (Lipinski definition) is 1. The highest BCUT2D eigenvalue weighted by Crippen LogP contribution is 2.39. The van der Waals surface area contributed by atoms with Gasteiger partial charge in [0, 0.05) is 24.2 Å². The predicted molar refractivity (Wildman–Crippen MR) is 91.8 cm³/mol. The van der Waals surface area contributed by atoms with E-state index >= 15 is 0 Å². The van der Waals surface area contributed by atoms with Crippen molar-refractivity contribution in [1.82, 2.24) is 10.2 Å². The molecule has 3 heteroatoms. The van der Waals surface area contributed by atoms with Crippen molar-refractivity contribution >= 4 is 11.6 Å². The molecule has 1 aliphatic rings. The number of halogens is 1. The van der Waals surface area contributed by atoms with Gasteiger partial charge in [-0.25, -0.2) is 0 Å². The van der Waals surface area contributed by atoms with Gasteiger partial charge in [-0.2, -0.15) is 0 Å². The van der Waals surface area contributed by atoms with Gasteiger partial charge in [0.15, 0.2) is 0 Å². The monoisotopic (exact) mass is 308 g/mol. The van der Waals surface area contributed by atoms with Crippen LogP contribution < -0.4 is 5.32 Å². The SMILES string of the molecule is CNC1CCC(C)(C)CC1CN(C)Cc1ccc(Cl)cc1. The average Bonchev–Trinajstić information content (AvgIpc) is 2.41. The zero-order valence-electron chi connectivity index (χ0n) is 13.8. The molecule has 0 saturated heterocycles. The Kier molecular flexibility index (Phi) is 5.70. The highest BCUT2D eigenvalue weighted by molar-refractivity contribution is 6.30. The molecule has 1 N–H and O–H groups in total. The van der Waals surface area contributed by atoms with E-state index in [1.54, 1.807) is 0 Å². The van der Waals surface area contributed by atoms with Gasteiger partial charge in [-0.15, -0.1) is 0 Å². The van der Waals surface area contributed by atoms with Crippen LogP contribution >= 0.6 is 11.6 Å². The molecule has 2 rings (SSSR count). The van der Waals surface area contributed by atoms with Crippen molar-refractivity contribution in [1.29, 1.82) is 0 Å². The normalized spacial score (nSPS) is 25.2. The lowest BCUT2D eigenvalue weighted by Gasteiger charge is -2.42. The smallest absolute Gasteiger partial charge is 0.0406 e. The van der Waals surface area contributed by atoms with Crippen molar-refractivity contribution in [3.63, 3.8) is 0 Å². The Morgan fingerprint density at radius 3 is 2.57 bits per heavy atom. The molecule has 0 bridgehead atoms. The van der Waals surface area contributed by atoms with Gasteiger partial charge in [0.05, 0.1) is 0 Å². The first-order valence-electron chi connectivity index (χ1n) is 8.00. The van der Waals surface area contributed by atoms with Crippen LogP contribution in [0.15, 0.2) is 24.3 Å². The molecule has 1 aromatic carbocycles. The van der Waals surface area contributed by atoms with Crippen LogP contribution in [-0.2, 0) is 6.54 Å². The molecule has 1 saturated carbocycles. The molecular weight excluding hydrogens is 280 g/mol. The predicted octanol–water partition coefficient (Wildman–Crippen LogP) is 4.19. The molecule has 2 nitrogen and oxygen atoms in total. The summed E-state index contributed by atoms with van der Waals surface area (Å²) in [5, 5.41) is 4.34. The molecular formula is C18H29ClN2. The molecule has 2 atom stereocenters. The summed E-state index contributed by atoms with van der Waals surface area (Å²) in [6.45, 7) is 6.96. The second-order valence-electron chi connectivity index (χ2n) is 7.39. The van der Waals surface area contributed by atoms with Crippen LogP contribution in [0.25, 0.3) is 0 Å². The van der Waals surface area contributed by atoms with Crippen molar-refractivity contribution in [2.45, 2.75) is 45.7 Å². The van der Waals surface area contributed by atoms with Gasteiger partial charge in [-0.05, 0) is 62.4 Å². The third-order valence-corrected chi connectivity index (χ3v) is 5.05. The number of nitrogens with one attached hydrogen (secondary N) is 1. The van der Waals surface area contributed by atoms with Crippen molar-refractivity contribution in [3.05, 3.63) is 34.9 Å². The number of benzene rings is 1. The summed E-state index contributed by atoms with van der Waals surface area (Å²) in [6, 6.07) is 8.86. The number of rotatable bonds is 5. The van der Waals surface area contributed by atoms with Gasteiger partial charge < -0.3 is 10.2 Å². The Balaban J connectivity index is 1.93. The van der Waals surface area contributed by atoms with E-state index in [0.717, 1.165) is 24.0 Å². The zero-order valence-corrected chi connectivity index (χ0v) is 14.6. The molecule has 0 aliphatic heterocycles. The maximum Gasteiger partial charge on any atom is 0.0406 e. The summed E-state index contributed by atoms with van der Waals surface area (Å²) in [5.74, 6) is 0.732. The Morgan fingerprint density at radius 1 is 1.29 bits per heavy atom. The van der Waals surface area contributed by atoms with E-state index < -0.39 is 0 Å². The summed E-state index contributed by atoms with van der Waals surface area (Å²) in [6.07, 6.45) is 3.93. The quantitative estimate of drug-likeness (QED) is 0.877. The van der Waals surface area contributed by atoms with Crippen LogP contribution in [0, 0.1) is 11.3 Å². The molecule has 0 amide bonds. The Labute approximate surface area is 134 Å². The Bertz CT molecular complexity index is 441. The van der Waals surface area contributed by atoms with Crippen LogP contribution in [0.1, 0.15) is 38.7 Å². The molecule has 118 valence electrons. The van der Waals surface area contributed by atoms with Crippen molar-refractivity contribution in [3.8, 4) is 0 Å². The highest BCUT2D eigenvalue weighted by atomic mass is 35.5. The minimum Gasteiger partial charge on any atom is -0.317 e. The average molecular weight is 309 g/mol. The van der Waals surface area contributed by atoms with E-state index in [9.17, 15) is 0 Å². The fraction of sp³-hybridized carbons (Fsp3) is 0.667. The molecule has 0 aromatic heterocycles. The van der Waals surface area contributed by atoms with Crippen LogP contribution in [0.2, 0.25) is 5.02 Å². The summed E-state index contributed by atoms with van der Waals surface area (Å²) in [7, 11) is 4.33. The second kappa shape index (κ2) is 7.13. The Morgan fingerprint density at radius 2 is 1.95 bits per heavy atom. The van der Waals surface area contributed by atoms with Gasteiger partial charge in [0.1, 0.15) is 0 Å². The van der Waals surface area contributed by atoms with Crippen LogP contribution in [-0.4, -0.2) is 31.6 Å². The minimum absolute atomic E-state index is 0.485. The molecule has 1 aliphatic carbocycles. The molecule has 21 heavy (non-hydrogen) atoms. The fourth-order valence-corrected chi connectivity index (χ4v) is 3.80. The summed E-state index contributed by atoms with van der Waals surface area (Å²) in [5.41, 5.74) is 1.82. The van der Waals surface area contributed by atoms with Crippen LogP contribution in [0.5, 0.6) is 0 Å².